The van der Waals surface area contributed by atoms with Crippen LogP contribution in [0.25, 0.3) is 0 Å². The highest BCUT2D eigenvalue weighted by Gasteiger charge is 2.39. The van der Waals surface area contributed by atoms with Gasteiger partial charge in [-0.15, -0.1) is 0 Å². The molecule has 0 bridgehead atoms. The highest BCUT2D eigenvalue weighted by Crippen LogP contribution is 2.25. The zero-order chi connectivity index (χ0) is 14.0. The van der Waals surface area contributed by atoms with E-state index in [-0.39, 0.29) is 17.6 Å². The number of ketones is 1. The van der Waals surface area contributed by atoms with Gasteiger partial charge in [-0.3, -0.25) is 4.79 Å². The molecule has 102 valence electrons. The summed E-state index contributed by atoms with van der Waals surface area (Å²) in [5.74, 6) is -0.320. The third-order valence-corrected chi connectivity index (χ3v) is 3.89. The molecule has 0 spiro atoms. The van der Waals surface area contributed by atoms with Crippen LogP contribution < -0.4 is 0 Å². The number of carbonyl (C=O) groups excluding carboxylic acids is 1. The first-order valence-corrected chi connectivity index (χ1v) is 9.72. The molecule has 0 saturated carbocycles. The summed E-state index contributed by atoms with van der Waals surface area (Å²) < 4.78 is 5.92. The van der Waals surface area contributed by atoms with Crippen molar-refractivity contribution in [3.05, 3.63) is 0 Å². The maximum atomic E-state index is 12.3. The highest BCUT2D eigenvalue weighted by atomic mass is 28.4. The molecule has 0 rings (SSSR count). The highest BCUT2D eigenvalue weighted by molar-refractivity contribution is 6.70. The van der Waals surface area contributed by atoms with Gasteiger partial charge in [-0.05, 0) is 39.4 Å². The predicted octanol–water partition coefficient (Wildman–Crippen LogP) is 2.84. The fourth-order valence-corrected chi connectivity index (χ4v) is 3.73. The van der Waals surface area contributed by atoms with Crippen molar-refractivity contribution < 1.29 is 14.3 Å². The van der Waals surface area contributed by atoms with E-state index in [1.807, 2.05) is 13.8 Å². The Morgan fingerprint density at radius 3 is 1.88 bits per heavy atom. The first-order valence-electron chi connectivity index (χ1n) is 6.31. The summed E-state index contributed by atoms with van der Waals surface area (Å²) in [5.41, 5.74) is -0.806. The minimum absolute atomic E-state index is 0.0128. The molecular weight excluding hydrogens is 232 g/mol. The van der Waals surface area contributed by atoms with Crippen molar-refractivity contribution in [3.63, 3.8) is 0 Å². The van der Waals surface area contributed by atoms with Crippen molar-refractivity contribution in [3.8, 4) is 0 Å². The van der Waals surface area contributed by atoms with E-state index in [1.165, 1.54) is 0 Å². The fraction of sp³-hybridized carbons (Fsp3) is 0.923. The van der Waals surface area contributed by atoms with Crippen molar-refractivity contribution >= 4 is 14.1 Å². The average molecular weight is 260 g/mol. The minimum atomic E-state index is -1.77. The first-order chi connectivity index (χ1) is 7.38. The van der Waals surface area contributed by atoms with Gasteiger partial charge in [0.15, 0.2) is 14.1 Å². The van der Waals surface area contributed by atoms with E-state index in [2.05, 4.69) is 19.6 Å². The van der Waals surface area contributed by atoms with Gasteiger partial charge in [0, 0.05) is 5.92 Å². The van der Waals surface area contributed by atoms with E-state index in [0.29, 0.717) is 0 Å². The van der Waals surface area contributed by atoms with E-state index >= 15 is 0 Å². The van der Waals surface area contributed by atoms with E-state index in [0.717, 1.165) is 0 Å². The molecule has 0 radical (unpaired) electrons. The number of Topliss-reactive ketones (excluding diaryl/α,β-unsaturated/α-hetero) is 1. The molecule has 0 heterocycles. The second kappa shape index (κ2) is 5.63. The van der Waals surface area contributed by atoms with Crippen LogP contribution in [0, 0.1) is 11.8 Å². The number of rotatable bonds is 6. The molecule has 2 atom stereocenters. The number of aliphatic hydroxyl groups excluding tert-OH is 1. The molecule has 0 aromatic heterocycles. The molecule has 0 aliphatic carbocycles. The summed E-state index contributed by atoms with van der Waals surface area (Å²) in [4.78, 5) is 12.3. The Morgan fingerprint density at radius 1 is 1.18 bits per heavy atom. The molecule has 0 saturated heterocycles. The average Bonchev–Trinajstić information content (AvgIpc) is 2.10. The molecule has 0 aliphatic heterocycles. The molecule has 0 amide bonds. The van der Waals surface area contributed by atoms with Crippen LogP contribution in [0.5, 0.6) is 0 Å². The van der Waals surface area contributed by atoms with E-state index in [4.69, 9.17) is 4.43 Å². The number of carbonyl (C=O) groups is 1. The van der Waals surface area contributed by atoms with E-state index in [9.17, 15) is 9.90 Å². The Hall–Kier alpha value is -0.193. The summed E-state index contributed by atoms with van der Waals surface area (Å²) in [5, 5.41) is 9.96. The summed E-state index contributed by atoms with van der Waals surface area (Å²) in [6.07, 6.45) is -0.605. The molecule has 0 fully saturated rings. The largest absolute Gasteiger partial charge is 0.406 e. The predicted molar refractivity (Wildman–Crippen MR) is 73.5 cm³/mol. The zero-order valence-electron chi connectivity index (χ0n) is 12.5. The van der Waals surface area contributed by atoms with Gasteiger partial charge in [-0.1, -0.05) is 20.8 Å². The van der Waals surface area contributed by atoms with Crippen molar-refractivity contribution in [2.24, 2.45) is 11.8 Å². The van der Waals surface area contributed by atoms with Crippen molar-refractivity contribution in [1.29, 1.82) is 0 Å². The van der Waals surface area contributed by atoms with Crippen LogP contribution in [0.1, 0.15) is 34.6 Å². The van der Waals surface area contributed by atoms with Crippen LogP contribution in [-0.2, 0) is 9.22 Å². The molecule has 4 heteroatoms. The van der Waals surface area contributed by atoms with Gasteiger partial charge in [0.05, 0.1) is 6.10 Å². The lowest BCUT2D eigenvalue weighted by Gasteiger charge is -2.35. The SMILES string of the molecule is CC(C)[C@H](O)[C@@H](C)C(=O)C(C)(C)O[Si](C)(C)C. The van der Waals surface area contributed by atoms with E-state index in [1.54, 1.807) is 20.8 Å². The quantitative estimate of drug-likeness (QED) is 0.747. The van der Waals surface area contributed by atoms with Crippen LogP contribution >= 0.6 is 0 Å². The Bertz CT molecular complexity index is 266. The lowest BCUT2D eigenvalue weighted by atomic mass is 9.85. The second-order valence-electron chi connectivity index (χ2n) is 6.61. The molecule has 17 heavy (non-hydrogen) atoms. The van der Waals surface area contributed by atoms with Crippen LogP contribution in [0.15, 0.2) is 0 Å². The van der Waals surface area contributed by atoms with Gasteiger partial charge < -0.3 is 9.53 Å². The van der Waals surface area contributed by atoms with Crippen molar-refractivity contribution in [2.45, 2.75) is 66.0 Å². The summed E-state index contributed by atoms with van der Waals surface area (Å²) in [6, 6.07) is 0. The number of hydrogen-bond donors (Lipinski definition) is 1. The fourth-order valence-electron chi connectivity index (χ4n) is 2.10. The summed E-state index contributed by atoms with van der Waals surface area (Å²) >= 11 is 0. The number of hydrogen-bond acceptors (Lipinski definition) is 3. The Balaban J connectivity index is 4.79. The van der Waals surface area contributed by atoms with Crippen LogP contribution in [0.2, 0.25) is 19.6 Å². The molecule has 1 N–H and O–H groups in total. The van der Waals surface area contributed by atoms with Gasteiger partial charge >= 0.3 is 0 Å². The Labute approximate surface area is 107 Å². The minimum Gasteiger partial charge on any atom is -0.406 e. The molecule has 0 aromatic rings. The normalized spacial score (nSPS) is 17.1. The molecule has 3 nitrogen and oxygen atoms in total. The summed E-state index contributed by atoms with van der Waals surface area (Å²) in [6.45, 7) is 15.4. The van der Waals surface area contributed by atoms with Crippen molar-refractivity contribution in [1.82, 2.24) is 0 Å². The topological polar surface area (TPSA) is 46.5 Å². The first kappa shape index (κ1) is 16.8. The Kier molecular flexibility index (Phi) is 5.57. The second-order valence-corrected chi connectivity index (χ2v) is 11.0. The lowest BCUT2D eigenvalue weighted by molar-refractivity contribution is -0.140. The molecule has 0 aromatic carbocycles. The number of aliphatic hydroxyl groups is 1. The van der Waals surface area contributed by atoms with Crippen LogP contribution in [-0.4, -0.2) is 30.9 Å². The molecule has 0 unspecified atom stereocenters. The van der Waals surface area contributed by atoms with Gasteiger partial charge in [-0.25, -0.2) is 0 Å². The van der Waals surface area contributed by atoms with Crippen LogP contribution in [0.3, 0.4) is 0 Å². The van der Waals surface area contributed by atoms with Crippen molar-refractivity contribution in [2.75, 3.05) is 0 Å². The third-order valence-electron chi connectivity index (χ3n) is 2.76. The van der Waals surface area contributed by atoms with Gasteiger partial charge in [-0.2, -0.15) is 0 Å². The molecule has 0 aliphatic rings. The van der Waals surface area contributed by atoms with Gasteiger partial charge in [0.2, 0.25) is 0 Å². The smallest absolute Gasteiger partial charge is 0.185 e. The maximum absolute atomic E-state index is 12.3. The molecular formula is C13H28O3Si. The van der Waals surface area contributed by atoms with Gasteiger partial charge in [0.25, 0.3) is 0 Å². The standard InChI is InChI=1S/C13H28O3Si/c1-9(2)11(14)10(3)12(15)13(4,5)16-17(6,7)8/h9-11,14H,1-8H3/t10-,11+/m1/s1. The lowest BCUT2D eigenvalue weighted by Crippen LogP contribution is -2.49. The summed E-state index contributed by atoms with van der Waals surface area (Å²) in [7, 11) is -1.77. The maximum Gasteiger partial charge on any atom is 0.185 e. The Morgan fingerprint density at radius 2 is 1.59 bits per heavy atom. The zero-order valence-corrected chi connectivity index (χ0v) is 13.5. The van der Waals surface area contributed by atoms with Crippen LogP contribution in [0.4, 0.5) is 0 Å². The van der Waals surface area contributed by atoms with Gasteiger partial charge in [0.1, 0.15) is 5.60 Å². The van der Waals surface area contributed by atoms with E-state index < -0.39 is 20.0 Å². The monoisotopic (exact) mass is 260 g/mol. The third kappa shape index (κ3) is 5.32.